The van der Waals surface area contributed by atoms with E-state index < -0.39 is 11.9 Å². The van der Waals surface area contributed by atoms with Crippen molar-refractivity contribution >= 4 is 17.4 Å². The summed E-state index contributed by atoms with van der Waals surface area (Å²) in [6.07, 6.45) is 5.51. The number of hydrogen-bond donors (Lipinski definition) is 0. The quantitative estimate of drug-likeness (QED) is 0.540. The third kappa shape index (κ3) is 2.84. The van der Waals surface area contributed by atoms with Gasteiger partial charge in [-0.2, -0.15) is 5.10 Å². The van der Waals surface area contributed by atoms with E-state index in [1.165, 1.54) is 17.3 Å². The topological polar surface area (TPSA) is 90.4 Å². The molecule has 0 aliphatic carbocycles. The van der Waals surface area contributed by atoms with Crippen LogP contribution in [0.4, 0.5) is 14.9 Å². The number of amides is 1. The highest BCUT2D eigenvalue weighted by molar-refractivity contribution is 5.90. The molecule has 1 aliphatic heterocycles. The molecule has 10 heteroatoms. The first-order valence-electron chi connectivity index (χ1n) is 8.59. The largest absolute Gasteiger partial charge is 0.442 e. The molecule has 1 saturated heterocycles. The third-order valence-electron chi connectivity index (χ3n) is 4.59. The molecule has 1 atom stereocenters. The summed E-state index contributed by atoms with van der Waals surface area (Å²) in [5.74, 6) is -0.436. The Morgan fingerprint density at radius 2 is 2.14 bits per heavy atom. The Labute approximate surface area is 158 Å². The number of pyridine rings is 1. The van der Waals surface area contributed by atoms with Crippen molar-refractivity contribution in [3.8, 4) is 11.1 Å². The summed E-state index contributed by atoms with van der Waals surface area (Å²) >= 11 is 0. The minimum Gasteiger partial charge on any atom is -0.442 e. The summed E-state index contributed by atoms with van der Waals surface area (Å²) in [7, 11) is 0. The van der Waals surface area contributed by atoms with Crippen LogP contribution in [0.1, 0.15) is 0 Å². The zero-order valence-electron chi connectivity index (χ0n) is 14.5. The van der Waals surface area contributed by atoms with Crippen LogP contribution in [0.5, 0.6) is 0 Å². The van der Waals surface area contributed by atoms with E-state index in [9.17, 15) is 9.18 Å². The lowest BCUT2D eigenvalue weighted by Gasteiger charge is -2.14. The van der Waals surface area contributed by atoms with Crippen molar-refractivity contribution in [3.63, 3.8) is 0 Å². The van der Waals surface area contributed by atoms with Crippen LogP contribution in [-0.4, -0.2) is 48.3 Å². The molecule has 0 bridgehead atoms. The van der Waals surface area contributed by atoms with Crippen LogP contribution in [0.15, 0.2) is 55.2 Å². The number of halogens is 1. The fourth-order valence-corrected chi connectivity index (χ4v) is 3.26. The molecule has 4 aromatic rings. The van der Waals surface area contributed by atoms with Crippen LogP contribution in [0.3, 0.4) is 0 Å². The Morgan fingerprint density at radius 1 is 1.21 bits per heavy atom. The molecule has 0 unspecified atom stereocenters. The molecular formula is C18H14FN7O2. The second-order valence-corrected chi connectivity index (χ2v) is 6.38. The summed E-state index contributed by atoms with van der Waals surface area (Å²) in [6, 6.07) is 8.19. The van der Waals surface area contributed by atoms with Crippen molar-refractivity contribution in [3.05, 3.63) is 61.1 Å². The molecule has 0 N–H and O–H groups in total. The van der Waals surface area contributed by atoms with E-state index in [4.69, 9.17) is 4.74 Å². The Bertz CT molecular complexity index is 1160. The molecule has 1 amide bonds. The Kier molecular flexibility index (Phi) is 3.75. The highest BCUT2D eigenvalue weighted by atomic mass is 19.1. The van der Waals surface area contributed by atoms with Gasteiger partial charge < -0.3 is 4.74 Å². The maximum Gasteiger partial charge on any atom is 0.414 e. The first-order valence-corrected chi connectivity index (χ1v) is 8.59. The normalized spacial score (nSPS) is 16.7. The van der Waals surface area contributed by atoms with E-state index in [-0.39, 0.29) is 6.10 Å². The van der Waals surface area contributed by atoms with E-state index in [2.05, 4.69) is 20.4 Å². The van der Waals surface area contributed by atoms with Crippen molar-refractivity contribution < 1.29 is 13.9 Å². The molecule has 9 nitrogen and oxygen atoms in total. The number of ether oxygens (including phenoxy) is 1. The molecule has 1 aliphatic rings. The van der Waals surface area contributed by atoms with Crippen LogP contribution in [0.2, 0.25) is 0 Å². The van der Waals surface area contributed by atoms with Gasteiger partial charge in [0.15, 0.2) is 5.65 Å². The number of benzene rings is 1. The number of rotatable bonds is 4. The number of nitrogens with zero attached hydrogens (tertiary/aromatic N) is 7. The smallest absolute Gasteiger partial charge is 0.414 e. The molecule has 4 heterocycles. The predicted octanol–water partition coefficient (Wildman–Crippen LogP) is 2.15. The first kappa shape index (κ1) is 16.4. The summed E-state index contributed by atoms with van der Waals surface area (Å²) in [5.41, 5.74) is 2.16. The van der Waals surface area contributed by atoms with Gasteiger partial charge in [-0.1, -0.05) is 5.21 Å². The van der Waals surface area contributed by atoms with E-state index in [0.29, 0.717) is 35.6 Å². The average Bonchev–Trinajstić information content (AvgIpc) is 3.42. The van der Waals surface area contributed by atoms with Gasteiger partial charge in [0.25, 0.3) is 0 Å². The first-order chi connectivity index (χ1) is 13.7. The van der Waals surface area contributed by atoms with Crippen molar-refractivity contribution in [1.82, 2.24) is 29.6 Å². The van der Waals surface area contributed by atoms with Gasteiger partial charge in [-0.25, -0.2) is 23.4 Å². The molecule has 0 saturated carbocycles. The maximum atomic E-state index is 14.8. The third-order valence-corrected chi connectivity index (χ3v) is 4.59. The van der Waals surface area contributed by atoms with Crippen molar-refractivity contribution in [2.24, 2.45) is 0 Å². The number of hydrogen-bond acceptors (Lipinski definition) is 6. The van der Waals surface area contributed by atoms with Gasteiger partial charge in [0.1, 0.15) is 18.2 Å². The van der Waals surface area contributed by atoms with Crippen molar-refractivity contribution in [2.45, 2.75) is 12.6 Å². The number of cyclic esters (lactones) is 1. The standard InChI is InChI=1S/C18H14FN7O2/c19-16-8-13(25-10-14(28-18(25)27)9-24-6-4-21-23-24)1-2-15(16)12-3-5-26-17(7-12)20-11-22-26/h1-8,11,14H,9-10H2/t14-/m0/s1. The second kappa shape index (κ2) is 6.41. The Morgan fingerprint density at radius 3 is 2.96 bits per heavy atom. The Balaban J connectivity index is 1.39. The molecule has 1 aromatic carbocycles. The lowest BCUT2D eigenvalue weighted by Crippen LogP contribution is -2.26. The van der Waals surface area contributed by atoms with Gasteiger partial charge in [0, 0.05) is 18.0 Å². The highest BCUT2D eigenvalue weighted by Crippen LogP contribution is 2.29. The average molecular weight is 379 g/mol. The zero-order valence-corrected chi connectivity index (χ0v) is 14.5. The van der Waals surface area contributed by atoms with Gasteiger partial charge in [-0.05, 0) is 35.9 Å². The molecule has 140 valence electrons. The monoisotopic (exact) mass is 379 g/mol. The number of carbonyl (C=O) groups is 1. The van der Waals surface area contributed by atoms with E-state index in [1.54, 1.807) is 52.1 Å². The fraction of sp³-hybridized carbons (Fsp3) is 0.167. The van der Waals surface area contributed by atoms with Crippen LogP contribution in [-0.2, 0) is 11.3 Å². The summed E-state index contributed by atoms with van der Waals surface area (Å²) < 4.78 is 23.3. The van der Waals surface area contributed by atoms with Gasteiger partial charge >= 0.3 is 6.09 Å². The summed E-state index contributed by atoms with van der Waals surface area (Å²) in [4.78, 5) is 17.7. The number of fused-ring (bicyclic) bond motifs is 1. The lowest BCUT2D eigenvalue weighted by atomic mass is 10.1. The van der Waals surface area contributed by atoms with Gasteiger partial charge in [0.05, 0.1) is 25.0 Å². The summed E-state index contributed by atoms with van der Waals surface area (Å²) in [6.45, 7) is 0.699. The Hall–Kier alpha value is -3.82. The van der Waals surface area contributed by atoms with Crippen molar-refractivity contribution in [1.29, 1.82) is 0 Å². The van der Waals surface area contributed by atoms with E-state index >= 15 is 0 Å². The number of carbonyl (C=O) groups excluding carboxylic acids is 1. The SMILES string of the molecule is O=C1O[C@@H](Cn2ccnn2)CN1c1ccc(-c2ccn3ncnc3c2)c(F)c1. The molecule has 0 radical (unpaired) electrons. The van der Waals surface area contributed by atoms with Crippen LogP contribution in [0, 0.1) is 5.82 Å². The fourth-order valence-electron chi connectivity index (χ4n) is 3.26. The number of aromatic nitrogens is 6. The van der Waals surface area contributed by atoms with Crippen LogP contribution < -0.4 is 4.90 Å². The highest BCUT2D eigenvalue weighted by Gasteiger charge is 2.33. The molecule has 5 rings (SSSR count). The maximum absolute atomic E-state index is 14.8. The van der Waals surface area contributed by atoms with Gasteiger partial charge in [-0.15, -0.1) is 5.10 Å². The molecule has 0 spiro atoms. The minimum absolute atomic E-state index is 0.309. The van der Waals surface area contributed by atoms with Gasteiger partial charge in [0.2, 0.25) is 0 Å². The number of anilines is 1. The molecule has 1 fully saturated rings. The summed E-state index contributed by atoms with van der Waals surface area (Å²) in [5, 5.41) is 11.6. The molecular weight excluding hydrogens is 365 g/mol. The predicted molar refractivity (Wildman–Crippen MR) is 96.0 cm³/mol. The van der Waals surface area contributed by atoms with Gasteiger partial charge in [-0.3, -0.25) is 4.90 Å². The zero-order chi connectivity index (χ0) is 19.1. The lowest BCUT2D eigenvalue weighted by molar-refractivity contribution is 0.129. The second-order valence-electron chi connectivity index (χ2n) is 6.38. The van der Waals surface area contributed by atoms with E-state index in [1.807, 2.05) is 0 Å². The van der Waals surface area contributed by atoms with E-state index in [0.717, 1.165) is 0 Å². The van der Waals surface area contributed by atoms with Crippen molar-refractivity contribution in [2.75, 3.05) is 11.4 Å². The van der Waals surface area contributed by atoms with Crippen LogP contribution >= 0.6 is 0 Å². The molecule has 28 heavy (non-hydrogen) atoms. The minimum atomic E-state index is -0.512. The van der Waals surface area contributed by atoms with Crippen LogP contribution in [0.25, 0.3) is 16.8 Å². The molecule has 3 aromatic heterocycles.